The first-order valence-corrected chi connectivity index (χ1v) is 8.88. The molecule has 6 heteroatoms. The second-order valence-electron chi connectivity index (χ2n) is 6.35. The first kappa shape index (κ1) is 19.2. The Morgan fingerprint density at radius 3 is 2.76 bits per heavy atom. The summed E-state index contributed by atoms with van der Waals surface area (Å²) in [7, 11) is 1.54. The van der Waals surface area contributed by atoms with Crippen LogP contribution < -0.4 is 15.2 Å². The van der Waals surface area contributed by atoms with E-state index in [2.05, 4.69) is 0 Å². The summed E-state index contributed by atoms with van der Waals surface area (Å²) < 4.78 is 11.0. The molecule has 0 bridgehead atoms. The average molecular weight is 348 g/mol. The number of Topliss-reactive ketones (excluding diaryl/α,β-unsaturated/α-hetero) is 1. The van der Waals surface area contributed by atoms with E-state index in [1.165, 1.54) is 6.92 Å². The quantitative estimate of drug-likeness (QED) is 0.576. The van der Waals surface area contributed by atoms with Gasteiger partial charge in [-0.05, 0) is 50.8 Å². The molecular formula is C19H28N2O4. The fraction of sp³-hybridized carbons (Fsp3) is 0.579. The van der Waals surface area contributed by atoms with Gasteiger partial charge in [-0.15, -0.1) is 0 Å². The van der Waals surface area contributed by atoms with E-state index >= 15 is 0 Å². The Hall–Kier alpha value is -2.08. The maximum atomic E-state index is 12.4. The van der Waals surface area contributed by atoms with Crippen LogP contribution in [0.2, 0.25) is 0 Å². The van der Waals surface area contributed by atoms with Crippen LogP contribution >= 0.6 is 0 Å². The number of likely N-dealkylation sites (tertiary alicyclic amines) is 1. The Bertz CT molecular complexity index is 603. The van der Waals surface area contributed by atoms with E-state index < -0.39 is 0 Å². The van der Waals surface area contributed by atoms with Gasteiger partial charge in [0.1, 0.15) is 0 Å². The molecular weight excluding hydrogens is 320 g/mol. The third kappa shape index (κ3) is 5.19. The minimum Gasteiger partial charge on any atom is -0.493 e. The first-order valence-electron chi connectivity index (χ1n) is 8.88. The molecule has 6 nitrogen and oxygen atoms in total. The lowest BCUT2D eigenvalue weighted by molar-refractivity contribution is -0.134. The number of ketones is 1. The zero-order valence-corrected chi connectivity index (χ0v) is 15.1. The average Bonchev–Trinajstić information content (AvgIpc) is 2.64. The molecule has 0 radical (unpaired) electrons. The highest BCUT2D eigenvalue weighted by atomic mass is 16.5. The van der Waals surface area contributed by atoms with Gasteiger partial charge in [0.25, 0.3) is 0 Å². The summed E-state index contributed by atoms with van der Waals surface area (Å²) in [6.07, 6.45) is 4.27. The Kier molecular flexibility index (Phi) is 7.25. The number of benzene rings is 1. The van der Waals surface area contributed by atoms with E-state index in [0.29, 0.717) is 43.1 Å². The van der Waals surface area contributed by atoms with Crippen molar-refractivity contribution in [3.8, 4) is 11.5 Å². The number of hydrogen-bond donors (Lipinski definition) is 1. The highest BCUT2D eigenvalue weighted by molar-refractivity contribution is 5.94. The van der Waals surface area contributed by atoms with E-state index in [1.54, 1.807) is 25.3 Å². The van der Waals surface area contributed by atoms with Crippen molar-refractivity contribution in [3.05, 3.63) is 23.8 Å². The van der Waals surface area contributed by atoms with Gasteiger partial charge in [0.2, 0.25) is 5.91 Å². The number of nitrogens with two attached hydrogens (primary N) is 1. The molecule has 2 N–H and O–H groups in total. The van der Waals surface area contributed by atoms with Gasteiger partial charge in [0, 0.05) is 31.1 Å². The van der Waals surface area contributed by atoms with E-state index in [1.807, 2.05) is 4.90 Å². The number of amides is 1. The van der Waals surface area contributed by atoms with Crippen LogP contribution in [0.15, 0.2) is 18.2 Å². The molecule has 1 aromatic carbocycles. The molecule has 25 heavy (non-hydrogen) atoms. The van der Waals surface area contributed by atoms with Gasteiger partial charge < -0.3 is 20.1 Å². The minimum atomic E-state index is -0.0218. The van der Waals surface area contributed by atoms with Crippen molar-refractivity contribution in [1.82, 2.24) is 4.90 Å². The van der Waals surface area contributed by atoms with Crippen LogP contribution in [0.4, 0.5) is 0 Å². The van der Waals surface area contributed by atoms with Gasteiger partial charge in [-0.2, -0.15) is 0 Å². The Morgan fingerprint density at radius 2 is 2.08 bits per heavy atom. The fourth-order valence-electron chi connectivity index (χ4n) is 3.13. The predicted octanol–water partition coefficient (Wildman–Crippen LogP) is 2.40. The summed E-state index contributed by atoms with van der Waals surface area (Å²) in [4.78, 5) is 25.7. The van der Waals surface area contributed by atoms with Crippen molar-refractivity contribution in [1.29, 1.82) is 0 Å². The highest BCUT2D eigenvalue weighted by Gasteiger charge is 2.24. The van der Waals surface area contributed by atoms with Crippen molar-refractivity contribution in [3.63, 3.8) is 0 Å². The molecule has 1 aliphatic rings. The lowest BCUT2D eigenvalue weighted by Crippen LogP contribution is -2.47. The molecule has 2 rings (SSSR count). The number of piperidine rings is 1. The maximum absolute atomic E-state index is 12.4. The standard InChI is InChI=1S/C19H28N2O4/c1-14(22)15-8-9-17(18(12-15)24-2)25-11-5-7-19(23)21-10-4-3-6-16(21)13-20/h8-9,12,16H,3-7,10-11,13,20H2,1-2H3. The van der Waals surface area contributed by atoms with Gasteiger partial charge in [0.15, 0.2) is 17.3 Å². The molecule has 0 aliphatic carbocycles. The van der Waals surface area contributed by atoms with Gasteiger partial charge >= 0.3 is 0 Å². The molecule has 1 fully saturated rings. The summed E-state index contributed by atoms with van der Waals surface area (Å²) in [5.74, 6) is 1.24. The number of carbonyl (C=O) groups is 2. The van der Waals surface area contributed by atoms with E-state index in [0.717, 1.165) is 25.8 Å². The molecule has 0 aromatic heterocycles. The van der Waals surface area contributed by atoms with Crippen LogP contribution in [0, 0.1) is 0 Å². The van der Waals surface area contributed by atoms with Crippen LogP contribution in [0.5, 0.6) is 11.5 Å². The maximum Gasteiger partial charge on any atom is 0.222 e. The SMILES string of the molecule is COc1cc(C(C)=O)ccc1OCCCC(=O)N1CCCCC1CN. The van der Waals surface area contributed by atoms with Crippen molar-refractivity contribution in [2.45, 2.75) is 45.1 Å². The molecule has 0 saturated carbocycles. The molecule has 1 aromatic rings. The summed E-state index contributed by atoms with van der Waals surface area (Å²) in [6.45, 7) is 3.27. The number of nitrogens with zero attached hydrogens (tertiary/aromatic N) is 1. The lowest BCUT2D eigenvalue weighted by atomic mass is 10.0. The summed E-state index contributed by atoms with van der Waals surface area (Å²) >= 11 is 0. The third-order valence-corrected chi connectivity index (χ3v) is 4.58. The zero-order chi connectivity index (χ0) is 18.2. The van der Waals surface area contributed by atoms with E-state index in [4.69, 9.17) is 15.2 Å². The Balaban J connectivity index is 1.82. The van der Waals surface area contributed by atoms with E-state index in [9.17, 15) is 9.59 Å². The van der Waals surface area contributed by atoms with Crippen molar-refractivity contribution in [2.75, 3.05) is 26.8 Å². The lowest BCUT2D eigenvalue weighted by Gasteiger charge is -2.35. The van der Waals surface area contributed by atoms with Gasteiger partial charge in [-0.25, -0.2) is 0 Å². The third-order valence-electron chi connectivity index (χ3n) is 4.58. The zero-order valence-electron chi connectivity index (χ0n) is 15.1. The monoisotopic (exact) mass is 348 g/mol. The van der Waals surface area contributed by atoms with Gasteiger partial charge in [0.05, 0.1) is 13.7 Å². The fourth-order valence-corrected chi connectivity index (χ4v) is 3.13. The number of rotatable bonds is 8. The van der Waals surface area contributed by atoms with Gasteiger partial charge in [-0.1, -0.05) is 0 Å². The molecule has 1 aliphatic heterocycles. The van der Waals surface area contributed by atoms with E-state index in [-0.39, 0.29) is 17.7 Å². The van der Waals surface area contributed by atoms with Crippen molar-refractivity contribution < 1.29 is 19.1 Å². The minimum absolute atomic E-state index is 0.0218. The largest absolute Gasteiger partial charge is 0.493 e. The summed E-state index contributed by atoms with van der Waals surface area (Å²) in [6, 6.07) is 5.29. The van der Waals surface area contributed by atoms with Crippen molar-refractivity contribution in [2.24, 2.45) is 5.73 Å². The first-order chi connectivity index (χ1) is 12.1. The molecule has 1 heterocycles. The van der Waals surface area contributed by atoms with Crippen LogP contribution in [-0.2, 0) is 4.79 Å². The molecule has 1 atom stereocenters. The highest BCUT2D eigenvalue weighted by Crippen LogP contribution is 2.28. The van der Waals surface area contributed by atoms with Crippen LogP contribution in [0.3, 0.4) is 0 Å². The number of methoxy groups -OCH3 is 1. The second kappa shape index (κ2) is 9.42. The van der Waals surface area contributed by atoms with Crippen LogP contribution in [0.1, 0.15) is 49.4 Å². The Morgan fingerprint density at radius 1 is 1.28 bits per heavy atom. The van der Waals surface area contributed by atoms with Crippen molar-refractivity contribution >= 4 is 11.7 Å². The molecule has 1 unspecified atom stereocenters. The topological polar surface area (TPSA) is 81.9 Å². The normalized spacial score (nSPS) is 17.2. The van der Waals surface area contributed by atoms with Gasteiger partial charge in [-0.3, -0.25) is 9.59 Å². The smallest absolute Gasteiger partial charge is 0.222 e. The van der Waals surface area contributed by atoms with Crippen LogP contribution in [-0.4, -0.2) is 49.4 Å². The number of carbonyl (C=O) groups excluding carboxylic acids is 2. The summed E-state index contributed by atoms with van der Waals surface area (Å²) in [5, 5.41) is 0. The number of ether oxygens (including phenoxy) is 2. The Labute approximate surface area is 149 Å². The van der Waals surface area contributed by atoms with Crippen LogP contribution in [0.25, 0.3) is 0 Å². The summed E-state index contributed by atoms with van der Waals surface area (Å²) in [5.41, 5.74) is 6.35. The molecule has 138 valence electrons. The predicted molar refractivity (Wildman–Crippen MR) is 96.1 cm³/mol. The molecule has 1 amide bonds. The molecule has 1 saturated heterocycles. The number of hydrogen-bond acceptors (Lipinski definition) is 5. The second-order valence-corrected chi connectivity index (χ2v) is 6.35. The molecule has 0 spiro atoms.